The van der Waals surface area contributed by atoms with E-state index in [4.69, 9.17) is 4.42 Å². The highest BCUT2D eigenvalue weighted by molar-refractivity contribution is 5.08. The van der Waals surface area contributed by atoms with Crippen LogP contribution >= 0.6 is 0 Å². The predicted octanol–water partition coefficient (Wildman–Crippen LogP) is 3.15. The molecule has 21 heavy (non-hydrogen) atoms. The number of nitrogens with one attached hydrogen (secondary N) is 1. The lowest BCUT2D eigenvalue weighted by atomic mass is 9.52. The molecule has 4 heteroatoms. The number of rotatable bonds is 6. The number of hydrogen-bond donors (Lipinski definition) is 1. The van der Waals surface area contributed by atoms with Crippen LogP contribution in [-0.4, -0.2) is 23.3 Å². The molecule has 4 saturated carbocycles. The second-order valence-corrected chi connectivity index (χ2v) is 7.49. The monoisotopic (exact) mass is 289 g/mol. The molecular formula is C17H27N3O. The van der Waals surface area contributed by atoms with Gasteiger partial charge in [-0.15, -0.1) is 10.2 Å². The van der Waals surface area contributed by atoms with Crippen molar-refractivity contribution < 1.29 is 4.42 Å². The van der Waals surface area contributed by atoms with Crippen molar-refractivity contribution in [2.45, 2.75) is 57.8 Å². The fourth-order valence-electron chi connectivity index (χ4n) is 5.33. The fourth-order valence-corrected chi connectivity index (χ4v) is 5.33. The van der Waals surface area contributed by atoms with E-state index in [1.54, 1.807) is 0 Å². The molecule has 4 aliphatic carbocycles. The molecule has 0 spiro atoms. The number of aromatic nitrogens is 2. The third-order valence-corrected chi connectivity index (χ3v) is 5.94. The first kappa shape index (κ1) is 13.7. The summed E-state index contributed by atoms with van der Waals surface area (Å²) >= 11 is 0. The molecule has 4 aliphatic rings. The van der Waals surface area contributed by atoms with E-state index in [1.165, 1.54) is 38.5 Å². The van der Waals surface area contributed by atoms with Gasteiger partial charge in [-0.25, -0.2) is 0 Å². The van der Waals surface area contributed by atoms with Crippen LogP contribution in [-0.2, 0) is 6.42 Å². The quantitative estimate of drug-likeness (QED) is 0.817. The molecule has 4 fully saturated rings. The van der Waals surface area contributed by atoms with Crippen LogP contribution in [0, 0.1) is 23.7 Å². The van der Waals surface area contributed by atoms with Crippen LogP contribution in [0.25, 0.3) is 0 Å². The third kappa shape index (κ3) is 2.63. The molecule has 4 bridgehead atoms. The molecule has 0 unspecified atom stereocenters. The van der Waals surface area contributed by atoms with Gasteiger partial charge in [0.1, 0.15) is 0 Å². The molecule has 1 aromatic heterocycles. The predicted molar refractivity (Wildman–Crippen MR) is 80.9 cm³/mol. The van der Waals surface area contributed by atoms with Gasteiger partial charge in [0.05, 0.1) is 0 Å². The lowest BCUT2D eigenvalue weighted by Crippen LogP contribution is -2.43. The van der Waals surface area contributed by atoms with E-state index in [-0.39, 0.29) is 0 Å². The zero-order chi connectivity index (χ0) is 14.2. The Morgan fingerprint density at radius 3 is 2.38 bits per heavy atom. The van der Waals surface area contributed by atoms with Crippen LogP contribution < -0.4 is 5.32 Å². The van der Waals surface area contributed by atoms with E-state index < -0.39 is 0 Å². The van der Waals surface area contributed by atoms with Gasteiger partial charge in [0, 0.05) is 18.9 Å². The Bertz CT molecular complexity index is 456. The first-order valence-electron chi connectivity index (χ1n) is 8.86. The Hall–Kier alpha value is -0.900. The summed E-state index contributed by atoms with van der Waals surface area (Å²) in [6, 6.07) is 0. The van der Waals surface area contributed by atoms with Gasteiger partial charge in [0.2, 0.25) is 11.8 Å². The molecule has 0 saturated heterocycles. The highest BCUT2D eigenvalue weighted by Crippen LogP contribution is 2.59. The molecule has 0 aliphatic heterocycles. The Balaban J connectivity index is 1.41. The largest absolute Gasteiger partial charge is 0.425 e. The van der Waals surface area contributed by atoms with Gasteiger partial charge in [-0.2, -0.15) is 0 Å². The van der Waals surface area contributed by atoms with Crippen molar-refractivity contribution in [3.63, 3.8) is 0 Å². The summed E-state index contributed by atoms with van der Waals surface area (Å²) in [6.45, 7) is 4.19. The first-order valence-corrected chi connectivity index (χ1v) is 8.86. The van der Waals surface area contributed by atoms with Gasteiger partial charge in [-0.3, -0.25) is 0 Å². The molecule has 0 atom stereocenters. The molecule has 1 N–H and O–H groups in total. The minimum atomic E-state index is 0.572. The molecule has 1 aromatic rings. The van der Waals surface area contributed by atoms with Gasteiger partial charge in [-0.05, 0) is 68.7 Å². The molecule has 116 valence electrons. The molecule has 0 aromatic carbocycles. The Kier molecular flexibility index (Phi) is 3.74. The zero-order valence-corrected chi connectivity index (χ0v) is 13.1. The maximum absolute atomic E-state index is 6.03. The third-order valence-electron chi connectivity index (χ3n) is 5.94. The highest BCUT2D eigenvalue weighted by Gasteiger charge is 2.50. The van der Waals surface area contributed by atoms with Crippen molar-refractivity contribution in [2.75, 3.05) is 13.1 Å². The number of nitrogens with zero attached hydrogens (tertiary/aromatic N) is 2. The van der Waals surface area contributed by atoms with Crippen molar-refractivity contribution in [1.82, 2.24) is 15.5 Å². The van der Waals surface area contributed by atoms with E-state index in [1.807, 2.05) is 0 Å². The molecule has 0 amide bonds. The van der Waals surface area contributed by atoms with Crippen molar-refractivity contribution in [2.24, 2.45) is 23.7 Å². The fraction of sp³-hybridized carbons (Fsp3) is 0.882. The van der Waals surface area contributed by atoms with Crippen LogP contribution in [0.3, 0.4) is 0 Å². The van der Waals surface area contributed by atoms with Crippen LogP contribution in [0.4, 0.5) is 0 Å². The van der Waals surface area contributed by atoms with Crippen molar-refractivity contribution in [1.29, 1.82) is 0 Å². The van der Waals surface area contributed by atoms with Gasteiger partial charge in [-0.1, -0.05) is 6.92 Å². The van der Waals surface area contributed by atoms with Gasteiger partial charge in [0.15, 0.2) is 0 Å². The van der Waals surface area contributed by atoms with Gasteiger partial charge < -0.3 is 9.73 Å². The second kappa shape index (κ2) is 5.71. The summed E-state index contributed by atoms with van der Waals surface area (Å²) in [7, 11) is 0. The van der Waals surface area contributed by atoms with Crippen molar-refractivity contribution in [3.05, 3.63) is 11.8 Å². The minimum absolute atomic E-state index is 0.572. The first-order chi connectivity index (χ1) is 10.3. The number of hydrogen-bond acceptors (Lipinski definition) is 4. The van der Waals surface area contributed by atoms with E-state index >= 15 is 0 Å². The topological polar surface area (TPSA) is 51.0 Å². The molecular weight excluding hydrogens is 262 g/mol. The lowest BCUT2D eigenvalue weighted by molar-refractivity contribution is -0.0118. The summed E-state index contributed by atoms with van der Waals surface area (Å²) in [5.41, 5.74) is 0. The smallest absolute Gasteiger partial charge is 0.220 e. The molecule has 5 rings (SSSR count). The van der Waals surface area contributed by atoms with Gasteiger partial charge >= 0.3 is 0 Å². The van der Waals surface area contributed by atoms with Crippen molar-refractivity contribution in [3.8, 4) is 0 Å². The maximum atomic E-state index is 6.03. The maximum Gasteiger partial charge on any atom is 0.220 e. The van der Waals surface area contributed by atoms with E-state index in [9.17, 15) is 0 Å². The highest BCUT2D eigenvalue weighted by atomic mass is 16.4. The van der Waals surface area contributed by atoms with Crippen LogP contribution in [0.1, 0.15) is 63.1 Å². The lowest BCUT2D eigenvalue weighted by Gasteiger charge is -2.53. The SMILES string of the molecule is CCCNCCc1nnc(C2C3CC4CC(C3)CC2C4)o1. The molecule has 4 nitrogen and oxygen atoms in total. The summed E-state index contributed by atoms with van der Waals surface area (Å²) in [4.78, 5) is 0. The molecule has 0 radical (unpaired) electrons. The summed E-state index contributed by atoms with van der Waals surface area (Å²) in [5, 5.41) is 12.1. The minimum Gasteiger partial charge on any atom is -0.425 e. The van der Waals surface area contributed by atoms with Crippen molar-refractivity contribution >= 4 is 0 Å². The molecule has 1 heterocycles. The average molecular weight is 289 g/mol. The standard InChI is InChI=1S/C17H27N3O/c1-2-4-18-5-3-15-19-20-17(21-15)16-13-7-11-6-12(9-13)10-14(16)8-11/h11-14,16,18H,2-10H2,1H3. The van der Waals surface area contributed by atoms with E-state index in [0.29, 0.717) is 5.92 Å². The Labute approximate surface area is 127 Å². The zero-order valence-electron chi connectivity index (χ0n) is 13.1. The summed E-state index contributed by atoms with van der Waals surface area (Å²) in [5.74, 6) is 6.01. The van der Waals surface area contributed by atoms with Crippen LogP contribution in [0.5, 0.6) is 0 Å². The normalized spacial score (nSPS) is 37.3. The van der Waals surface area contributed by atoms with Crippen LogP contribution in [0.2, 0.25) is 0 Å². The average Bonchev–Trinajstić information content (AvgIpc) is 2.91. The second-order valence-electron chi connectivity index (χ2n) is 7.49. The van der Waals surface area contributed by atoms with E-state index in [2.05, 4.69) is 22.4 Å². The summed E-state index contributed by atoms with van der Waals surface area (Å²) in [6.07, 6.45) is 9.17. The summed E-state index contributed by atoms with van der Waals surface area (Å²) < 4.78 is 6.03. The van der Waals surface area contributed by atoms with Crippen LogP contribution in [0.15, 0.2) is 4.42 Å². The van der Waals surface area contributed by atoms with E-state index in [0.717, 1.165) is 55.0 Å². The van der Waals surface area contributed by atoms with Gasteiger partial charge in [0.25, 0.3) is 0 Å². The Morgan fingerprint density at radius 1 is 1.00 bits per heavy atom. The Morgan fingerprint density at radius 2 is 1.71 bits per heavy atom.